The number of aryl methyl sites for hydroxylation is 1. The first kappa shape index (κ1) is 14.5. The molecular weight excluding hydrogens is 254 g/mol. The zero-order valence-corrected chi connectivity index (χ0v) is 12.3. The van der Waals surface area contributed by atoms with E-state index in [2.05, 4.69) is 10.3 Å². The Morgan fingerprint density at radius 1 is 1.40 bits per heavy atom. The zero-order valence-electron chi connectivity index (χ0n) is 12.3. The number of hydrogen-bond donors (Lipinski definition) is 1. The Bertz CT molecular complexity index is 530. The maximum absolute atomic E-state index is 12.6. The molecular formula is C15H21N3O2. The number of pyridine rings is 1. The number of hydrogen-bond acceptors (Lipinski definition) is 3. The van der Waals surface area contributed by atoms with Gasteiger partial charge in [0.15, 0.2) is 0 Å². The lowest BCUT2D eigenvalue weighted by molar-refractivity contribution is -0.138. The van der Waals surface area contributed by atoms with Crippen LogP contribution in [-0.2, 0) is 16.1 Å². The first-order valence-electron chi connectivity index (χ1n) is 6.97. The summed E-state index contributed by atoms with van der Waals surface area (Å²) in [5.41, 5.74) is 0.973. The fraction of sp³-hybridized carbons (Fsp3) is 0.533. The molecule has 2 heterocycles. The van der Waals surface area contributed by atoms with Crippen molar-refractivity contribution in [2.45, 2.75) is 45.7 Å². The summed E-state index contributed by atoms with van der Waals surface area (Å²) in [6.45, 7) is 6.51. The molecule has 0 spiro atoms. The highest BCUT2D eigenvalue weighted by Gasteiger charge is 2.39. The van der Waals surface area contributed by atoms with Gasteiger partial charge in [0.2, 0.25) is 11.8 Å². The summed E-state index contributed by atoms with van der Waals surface area (Å²) in [6.07, 6.45) is 0.919. The molecule has 1 N–H and O–H groups in total. The van der Waals surface area contributed by atoms with Gasteiger partial charge in [0.05, 0.1) is 12.2 Å². The quantitative estimate of drug-likeness (QED) is 0.907. The molecule has 108 valence electrons. The minimum absolute atomic E-state index is 0.0332. The van der Waals surface area contributed by atoms with Crippen molar-refractivity contribution in [1.29, 1.82) is 0 Å². The molecule has 0 saturated carbocycles. The maximum Gasteiger partial charge on any atom is 0.248 e. The molecule has 5 nitrogen and oxygen atoms in total. The third-order valence-corrected chi connectivity index (χ3v) is 3.79. The summed E-state index contributed by atoms with van der Waals surface area (Å²) in [5, 5.41) is 2.83. The van der Waals surface area contributed by atoms with Crippen molar-refractivity contribution in [2.24, 2.45) is 0 Å². The molecule has 1 unspecified atom stereocenters. The highest BCUT2D eigenvalue weighted by Crippen LogP contribution is 2.19. The van der Waals surface area contributed by atoms with Crippen molar-refractivity contribution in [3.8, 4) is 0 Å². The van der Waals surface area contributed by atoms with E-state index in [9.17, 15) is 9.59 Å². The summed E-state index contributed by atoms with van der Waals surface area (Å²) in [5.74, 6) is -0.100. The Morgan fingerprint density at radius 2 is 2.15 bits per heavy atom. The van der Waals surface area contributed by atoms with Crippen molar-refractivity contribution in [3.63, 3.8) is 0 Å². The Morgan fingerprint density at radius 3 is 2.80 bits per heavy atom. The summed E-state index contributed by atoms with van der Waals surface area (Å²) in [6, 6.07) is 5.76. The van der Waals surface area contributed by atoms with E-state index in [4.69, 9.17) is 0 Å². The van der Waals surface area contributed by atoms with E-state index in [-0.39, 0.29) is 11.8 Å². The van der Waals surface area contributed by atoms with Gasteiger partial charge in [-0.25, -0.2) is 0 Å². The summed E-state index contributed by atoms with van der Waals surface area (Å²) in [7, 11) is 0. The third-order valence-electron chi connectivity index (χ3n) is 3.79. The number of carbonyl (C=O) groups is 2. The fourth-order valence-corrected chi connectivity index (χ4v) is 2.38. The molecule has 2 amide bonds. The lowest BCUT2D eigenvalue weighted by Gasteiger charge is -2.31. The summed E-state index contributed by atoms with van der Waals surface area (Å²) in [4.78, 5) is 30.5. The lowest BCUT2D eigenvalue weighted by Crippen LogP contribution is -2.54. The van der Waals surface area contributed by atoms with E-state index in [1.807, 2.05) is 32.0 Å². The van der Waals surface area contributed by atoms with Crippen LogP contribution in [0.5, 0.6) is 0 Å². The molecule has 0 aliphatic carbocycles. The van der Waals surface area contributed by atoms with E-state index in [0.717, 1.165) is 11.4 Å². The molecule has 1 atom stereocenters. The summed E-state index contributed by atoms with van der Waals surface area (Å²) < 4.78 is 0. The normalized spacial score (nSPS) is 23.4. The van der Waals surface area contributed by atoms with E-state index in [0.29, 0.717) is 25.9 Å². The van der Waals surface area contributed by atoms with Gasteiger partial charge in [-0.2, -0.15) is 0 Å². The monoisotopic (exact) mass is 275 g/mol. The lowest BCUT2D eigenvalue weighted by atomic mass is 9.97. The predicted molar refractivity (Wildman–Crippen MR) is 75.8 cm³/mol. The van der Waals surface area contributed by atoms with Crippen molar-refractivity contribution in [1.82, 2.24) is 15.2 Å². The molecule has 1 fully saturated rings. The molecule has 5 heteroatoms. The third kappa shape index (κ3) is 2.98. The molecule has 0 aromatic carbocycles. The van der Waals surface area contributed by atoms with Crippen LogP contribution < -0.4 is 5.32 Å². The SMILES string of the molecule is CCC1(C)NC(=O)CCN(Cc2cccc(C)n2)C1=O. The van der Waals surface area contributed by atoms with Gasteiger partial charge in [-0.15, -0.1) is 0 Å². The van der Waals surface area contributed by atoms with Crippen LogP contribution in [0, 0.1) is 6.92 Å². The van der Waals surface area contributed by atoms with Gasteiger partial charge in [-0.1, -0.05) is 13.0 Å². The van der Waals surface area contributed by atoms with E-state index < -0.39 is 5.54 Å². The predicted octanol–water partition coefficient (Wildman–Crippen LogP) is 1.41. The minimum Gasteiger partial charge on any atom is -0.342 e. The van der Waals surface area contributed by atoms with Gasteiger partial charge in [0.25, 0.3) is 0 Å². The van der Waals surface area contributed by atoms with Crippen molar-refractivity contribution in [2.75, 3.05) is 6.54 Å². The molecule has 1 aliphatic rings. The molecule has 1 saturated heterocycles. The Kier molecular flexibility index (Phi) is 4.06. The number of aromatic nitrogens is 1. The van der Waals surface area contributed by atoms with Gasteiger partial charge in [-0.3, -0.25) is 14.6 Å². The maximum atomic E-state index is 12.6. The highest BCUT2D eigenvalue weighted by atomic mass is 16.2. The van der Waals surface area contributed by atoms with Crippen molar-refractivity contribution < 1.29 is 9.59 Å². The average Bonchev–Trinajstić information content (AvgIpc) is 2.51. The topological polar surface area (TPSA) is 62.3 Å². The van der Waals surface area contributed by atoms with Gasteiger partial charge in [-0.05, 0) is 32.4 Å². The molecule has 1 aliphatic heterocycles. The number of carbonyl (C=O) groups excluding carboxylic acids is 2. The molecule has 0 bridgehead atoms. The number of nitrogens with one attached hydrogen (secondary N) is 1. The first-order valence-corrected chi connectivity index (χ1v) is 6.97. The van der Waals surface area contributed by atoms with Gasteiger partial charge >= 0.3 is 0 Å². The van der Waals surface area contributed by atoms with Crippen LogP contribution in [0.4, 0.5) is 0 Å². The smallest absolute Gasteiger partial charge is 0.248 e. The first-order chi connectivity index (χ1) is 9.44. The molecule has 1 aromatic rings. The van der Waals surface area contributed by atoms with E-state index in [1.165, 1.54) is 0 Å². The second kappa shape index (κ2) is 5.61. The van der Waals surface area contributed by atoms with Gasteiger partial charge in [0, 0.05) is 18.7 Å². The Balaban J connectivity index is 2.22. The Hall–Kier alpha value is -1.91. The van der Waals surface area contributed by atoms with Gasteiger partial charge < -0.3 is 10.2 Å². The number of amides is 2. The van der Waals surface area contributed by atoms with Crippen LogP contribution in [0.3, 0.4) is 0 Å². The largest absolute Gasteiger partial charge is 0.342 e. The standard InChI is InChI=1S/C15H21N3O2/c1-4-15(3)14(20)18(9-8-13(19)17-15)10-12-7-5-6-11(2)16-12/h5-7H,4,8-10H2,1-3H3,(H,17,19). The van der Waals surface area contributed by atoms with E-state index >= 15 is 0 Å². The molecule has 2 rings (SSSR count). The van der Waals surface area contributed by atoms with Crippen LogP contribution in [0.2, 0.25) is 0 Å². The van der Waals surface area contributed by atoms with Crippen LogP contribution in [-0.4, -0.2) is 33.8 Å². The van der Waals surface area contributed by atoms with Crippen molar-refractivity contribution >= 4 is 11.8 Å². The fourth-order valence-electron chi connectivity index (χ4n) is 2.38. The van der Waals surface area contributed by atoms with E-state index in [1.54, 1.807) is 11.8 Å². The van der Waals surface area contributed by atoms with Crippen LogP contribution in [0.15, 0.2) is 18.2 Å². The van der Waals surface area contributed by atoms with Crippen LogP contribution >= 0.6 is 0 Å². The van der Waals surface area contributed by atoms with Crippen LogP contribution in [0.25, 0.3) is 0 Å². The second-order valence-electron chi connectivity index (χ2n) is 5.48. The number of rotatable bonds is 3. The van der Waals surface area contributed by atoms with Crippen molar-refractivity contribution in [3.05, 3.63) is 29.6 Å². The van der Waals surface area contributed by atoms with Gasteiger partial charge in [0.1, 0.15) is 5.54 Å². The average molecular weight is 275 g/mol. The number of nitrogens with zero attached hydrogens (tertiary/aromatic N) is 2. The molecule has 0 radical (unpaired) electrons. The minimum atomic E-state index is -0.808. The molecule has 20 heavy (non-hydrogen) atoms. The highest BCUT2D eigenvalue weighted by molar-refractivity contribution is 5.93. The van der Waals surface area contributed by atoms with Crippen LogP contribution in [0.1, 0.15) is 38.1 Å². The summed E-state index contributed by atoms with van der Waals surface area (Å²) >= 11 is 0. The molecule has 1 aromatic heterocycles. The second-order valence-corrected chi connectivity index (χ2v) is 5.48. The zero-order chi connectivity index (χ0) is 14.8. The Labute approximate surface area is 119 Å².